The number of hydrogen-bond acceptors (Lipinski definition) is 5. The van der Waals surface area contributed by atoms with Gasteiger partial charge in [-0.15, -0.1) is 0 Å². The highest BCUT2D eigenvalue weighted by Gasteiger charge is 2.26. The zero-order valence-corrected chi connectivity index (χ0v) is 17.3. The number of nitro groups is 1. The van der Waals surface area contributed by atoms with Gasteiger partial charge in [0, 0.05) is 24.2 Å². The lowest BCUT2D eigenvalue weighted by atomic mass is 9.93. The van der Waals surface area contributed by atoms with E-state index in [9.17, 15) is 19.7 Å². The molecule has 1 aromatic rings. The van der Waals surface area contributed by atoms with Gasteiger partial charge in [-0.05, 0) is 50.7 Å². The van der Waals surface area contributed by atoms with Gasteiger partial charge in [0.15, 0.2) is 0 Å². The van der Waals surface area contributed by atoms with Crippen LogP contribution in [0.15, 0.2) is 24.3 Å². The Bertz CT molecular complexity index is 722. The van der Waals surface area contributed by atoms with Gasteiger partial charge in [-0.3, -0.25) is 10.1 Å². The molecular formula is C24H39N3O5. The van der Waals surface area contributed by atoms with E-state index in [1.807, 2.05) is 0 Å². The number of nitro benzene ring substituents is 1. The lowest BCUT2D eigenvalue weighted by Gasteiger charge is -2.30. The number of carbonyl (C=O) groups excluding carboxylic acids is 2. The van der Waals surface area contributed by atoms with Gasteiger partial charge in [0.1, 0.15) is 6.10 Å². The average Bonchev–Trinajstić information content (AvgIpc) is 2.71. The van der Waals surface area contributed by atoms with Gasteiger partial charge in [0.2, 0.25) is 0 Å². The first-order valence-electron chi connectivity index (χ1n) is 11.0. The SMILES string of the molecule is C.C.O=C(NC1CCCCCCC1)NC1CCC(OC(=O)c2ccc([N+](=O)[O-])cc2)CC1. The Balaban J connectivity index is 0.00000256. The highest BCUT2D eigenvalue weighted by molar-refractivity contribution is 5.89. The minimum absolute atomic E-state index is 0. The molecule has 0 spiro atoms. The van der Waals surface area contributed by atoms with Crippen molar-refractivity contribution in [3.05, 3.63) is 39.9 Å². The van der Waals surface area contributed by atoms with Gasteiger partial charge in [0.25, 0.3) is 5.69 Å². The van der Waals surface area contributed by atoms with Gasteiger partial charge >= 0.3 is 12.0 Å². The monoisotopic (exact) mass is 449 g/mol. The van der Waals surface area contributed by atoms with Gasteiger partial charge < -0.3 is 15.4 Å². The molecule has 0 bridgehead atoms. The van der Waals surface area contributed by atoms with Crippen LogP contribution in [0.1, 0.15) is 95.8 Å². The lowest BCUT2D eigenvalue weighted by Crippen LogP contribution is -2.47. The van der Waals surface area contributed by atoms with Crippen molar-refractivity contribution in [2.75, 3.05) is 0 Å². The van der Waals surface area contributed by atoms with Crippen LogP contribution in [0, 0.1) is 10.1 Å². The van der Waals surface area contributed by atoms with E-state index in [4.69, 9.17) is 4.74 Å². The zero-order valence-electron chi connectivity index (χ0n) is 17.3. The fourth-order valence-electron chi connectivity index (χ4n) is 4.28. The fraction of sp³-hybridized carbons (Fsp3) is 0.667. The third-order valence-electron chi connectivity index (χ3n) is 6.04. The maximum absolute atomic E-state index is 12.3. The minimum atomic E-state index is -0.503. The number of rotatable bonds is 5. The Hall–Kier alpha value is -2.64. The van der Waals surface area contributed by atoms with E-state index in [1.54, 1.807) is 0 Å². The largest absolute Gasteiger partial charge is 0.459 e. The second kappa shape index (κ2) is 13.7. The summed E-state index contributed by atoms with van der Waals surface area (Å²) in [5.74, 6) is -0.469. The summed E-state index contributed by atoms with van der Waals surface area (Å²) in [5.41, 5.74) is 0.246. The summed E-state index contributed by atoms with van der Waals surface area (Å²) in [6, 6.07) is 5.68. The molecule has 2 amide bonds. The molecule has 2 aliphatic rings. The predicted octanol–water partition coefficient (Wildman–Crippen LogP) is 5.75. The van der Waals surface area contributed by atoms with E-state index in [0.717, 1.165) is 25.7 Å². The Morgan fingerprint density at radius 3 is 1.84 bits per heavy atom. The third kappa shape index (κ3) is 8.48. The first kappa shape index (κ1) is 27.4. The maximum atomic E-state index is 12.3. The molecule has 0 heterocycles. The Morgan fingerprint density at radius 2 is 1.31 bits per heavy atom. The van der Waals surface area contributed by atoms with Crippen molar-refractivity contribution in [1.29, 1.82) is 0 Å². The number of ether oxygens (including phenoxy) is 1. The summed E-state index contributed by atoms with van der Waals surface area (Å²) in [6.45, 7) is 0. The van der Waals surface area contributed by atoms with E-state index < -0.39 is 10.9 Å². The highest BCUT2D eigenvalue weighted by atomic mass is 16.6. The smallest absolute Gasteiger partial charge is 0.338 e. The summed E-state index contributed by atoms with van der Waals surface area (Å²) in [4.78, 5) is 34.8. The van der Waals surface area contributed by atoms with Crippen LogP contribution in [0.2, 0.25) is 0 Å². The van der Waals surface area contributed by atoms with Crippen molar-refractivity contribution in [1.82, 2.24) is 10.6 Å². The summed E-state index contributed by atoms with van der Waals surface area (Å²) < 4.78 is 5.54. The number of esters is 1. The molecule has 1 aromatic carbocycles. The molecule has 0 radical (unpaired) electrons. The van der Waals surface area contributed by atoms with Crippen molar-refractivity contribution in [3.63, 3.8) is 0 Å². The molecular weight excluding hydrogens is 410 g/mol. The van der Waals surface area contributed by atoms with Crippen LogP contribution >= 0.6 is 0 Å². The fourth-order valence-corrected chi connectivity index (χ4v) is 4.28. The van der Waals surface area contributed by atoms with Crippen molar-refractivity contribution in [2.45, 2.75) is 104 Å². The Labute approximate surface area is 191 Å². The molecule has 0 aromatic heterocycles. The van der Waals surface area contributed by atoms with Gasteiger partial charge in [-0.25, -0.2) is 9.59 Å². The molecule has 0 atom stereocenters. The molecule has 8 heteroatoms. The van der Waals surface area contributed by atoms with Gasteiger partial charge in [-0.1, -0.05) is 47.0 Å². The number of carbonyl (C=O) groups is 2. The van der Waals surface area contributed by atoms with Gasteiger partial charge in [-0.2, -0.15) is 0 Å². The van der Waals surface area contributed by atoms with E-state index >= 15 is 0 Å². The van der Waals surface area contributed by atoms with Crippen LogP contribution < -0.4 is 10.6 Å². The quantitative estimate of drug-likeness (QED) is 0.338. The highest BCUT2D eigenvalue weighted by Crippen LogP contribution is 2.23. The van der Waals surface area contributed by atoms with Crippen LogP contribution in [0.4, 0.5) is 10.5 Å². The number of non-ortho nitro benzene ring substituents is 1. The van der Waals surface area contributed by atoms with Crippen molar-refractivity contribution >= 4 is 17.7 Å². The second-order valence-electron chi connectivity index (χ2n) is 8.34. The maximum Gasteiger partial charge on any atom is 0.338 e. The number of amides is 2. The molecule has 2 fully saturated rings. The van der Waals surface area contributed by atoms with Gasteiger partial charge in [0.05, 0.1) is 10.5 Å². The summed E-state index contributed by atoms with van der Waals surface area (Å²) in [5, 5.41) is 16.9. The number of nitrogens with one attached hydrogen (secondary N) is 2. The molecule has 0 aliphatic heterocycles. The number of nitrogens with zero attached hydrogens (tertiary/aromatic N) is 1. The third-order valence-corrected chi connectivity index (χ3v) is 6.04. The molecule has 2 aliphatic carbocycles. The molecule has 3 rings (SSSR count). The average molecular weight is 450 g/mol. The minimum Gasteiger partial charge on any atom is -0.459 e. The number of benzene rings is 1. The molecule has 2 saturated carbocycles. The molecule has 2 N–H and O–H groups in total. The van der Waals surface area contributed by atoms with E-state index in [1.165, 1.54) is 56.4 Å². The van der Waals surface area contributed by atoms with Crippen molar-refractivity contribution < 1.29 is 19.2 Å². The van der Waals surface area contributed by atoms with Crippen LogP contribution in [-0.2, 0) is 4.74 Å². The number of urea groups is 1. The summed E-state index contributed by atoms with van der Waals surface area (Å²) in [6.07, 6.45) is 11.0. The molecule has 0 saturated heterocycles. The lowest BCUT2D eigenvalue weighted by molar-refractivity contribution is -0.384. The topological polar surface area (TPSA) is 111 Å². The van der Waals surface area contributed by atoms with E-state index in [2.05, 4.69) is 10.6 Å². The normalized spacial score (nSPS) is 21.5. The van der Waals surface area contributed by atoms with Crippen LogP contribution in [0.5, 0.6) is 0 Å². The standard InChI is InChI=1S/C22H31N3O5.2CH4/c26-21(16-8-12-19(13-9-16)25(28)29)30-20-14-10-18(11-15-20)24-22(27)23-17-6-4-2-1-3-5-7-17;;/h8-9,12-13,17-18,20H,1-7,10-11,14-15H2,(H2,23,24,27);2*1H4. The Kier molecular flexibility index (Phi) is 11.7. The first-order chi connectivity index (χ1) is 14.5. The predicted molar refractivity (Wildman–Crippen MR) is 126 cm³/mol. The molecule has 180 valence electrons. The van der Waals surface area contributed by atoms with E-state index in [0.29, 0.717) is 18.4 Å². The van der Waals surface area contributed by atoms with E-state index in [-0.39, 0.29) is 44.8 Å². The number of hydrogen-bond donors (Lipinski definition) is 2. The van der Waals surface area contributed by atoms with Crippen LogP contribution in [-0.4, -0.2) is 35.1 Å². The summed E-state index contributed by atoms with van der Waals surface area (Å²) in [7, 11) is 0. The molecule has 0 unspecified atom stereocenters. The van der Waals surface area contributed by atoms with Crippen molar-refractivity contribution in [3.8, 4) is 0 Å². The zero-order chi connectivity index (χ0) is 21.3. The summed E-state index contributed by atoms with van der Waals surface area (Å²) >= 11 is 0. The first-order valence-corrected chi connectivity index (χ1v) is 11.0. The van der Waals surface area contributed by atoms with Crippen molar-refractivity contribution in [2.24, 2.45) is 0 Å². The second-order valence-corrected chi connectivity index (χ2v) is 8.34. The molecule has 32 heavy (non-hydrogen) atoms. The van der Waals surface area contributed by atoms with Crippen LogP contribution in [0.3, 0.4) is 0 Å². The van der Waals surface area contributed by atoms with Crippen LogP contribution in [0.25, 0.3) is 0 Å². The Morgan fingerprint density at radius 1 is 0.812 bits per heavy atom. The molecule has 8 nitrogen and oxygen atoms in total.